The van der Waals surface area contributed by atoms with E-state index in [-0.39, 0.29) is 46.2 Å². The summed E-state index contributed by atoms with van der Waals surface area (Å²) in [6, 6.07) is 2.35. The number of hydrogen-bond acceptors (Lipinski definition) is 1. The lowest BCUT2D eigenvalue weighted by Gasteiger charge is -2.63. The van der Waals surface area contributed by atoms with Gasteiger partial charge in [-0.05, 0) is 103 Å². The number of carbonyl (C=O) groups excluding carboxylic acids is 1. The zero-order valence-corrected chi connectivity index (χ0v) is 21.3. The number of piperidine rings is 1. The molecule has 0 N–H and O–H groups in total. The molecule has 8 atom stereocenters. The molecule has 1 amide bonds. The fraction of sp³-hybridized carbons (Fsp3) is 0.750. The highest BCUT2D eigenvalue weighted by molar-refractivity contribution is 5.77. The predicted octanol–water partition coefficient (Wildman–Crippen LogP) is 7.92. The summed E-state index contributed by atoms with van der Waals surface area (Å²) in [6.07, 6.45) is -4.27. The fourth-order valence-electron chi connectivity index (χ4n) is 9.19. The van der Waals surface area contributed by atoms with Crippen LogP contribution in [0, 0.1) is 34.5 Å². The maximum atomic E-state index is 13.6. The summed E-state index contributed by atoms with van der Waals surface area (Å²) >= 11 is 0. The minimum absolute atomic E-state index is 0.00108. The van der Waals surface area contributed by atoms with Crippen molar-refractivity contribution < 1.29 is 31.1 Å². The van der Waals surface area contributed by atoms with Crippen LogP contribution in [0.2, 0.25) is 0 Å². The fourth-order valence-corrected chi connectivity index (χ4v) is 9.19. The molecule has 1 aliphatic heterocycles. The smallest absolute Gasteiger partial charge is 0.342 e. The molecule has 36 heavy (non-hydrogen) atoms. The Labute approximate surface area is 208 Å². The molecule has 8 heteroatoms. The molecular weight excluding hydrogens is 480 g/mol. The molecule has 0 aromatic heterocycles. The Kier molecular flexibility index (Phi) is 5.85. The van der Waals surface area contributed by atoms with Crippen molar-refractivity contribution in [2.24, 2.45) is 34.5 Å². The Morgan fingerprint density at radius 1 is 0.861 bits per heavy atom. The molecule has 4 fully saturated rings. The highest BCUT2D eigenvalue weighted by atomic mass is 19.4. The summed E-state index contributed by atoms with van der Waals surface area (Å²) in [5.74, 6) is 1.23. The average molecular weight is 516 g/mol. The number of hydrogen-bond donors (Lipinski definition) is 0. The molecule has 2 nitrogen and oxygen atoms in total. The third-order valence-corrected chi connectivity index (χ3v) is 10.9. The van der Waals surface area contributed by atoms with E-state index in [9.17, 15) is 31.1 Å². The molecule has 0 bridgehead atoms. The van der Waals surface area contributed by atoms with Gasteiger partial charge in [0.2, 0.25) is 5.91 Å². The Morgan fingerprint density at radius 2 is 1.44 bits per heavy atom. The standard InChI is InChI=1S/C28H35F6NO/c1-15-11-22-26(3,10-8-23(36)35(22)4)21-7-9-25(2)19(5-6-20(25)24(15)21)16-12-17(27(29,30)31)14-18(13-16)28(32,33)34/h12-15,19-22,24H,5-11H2,1-4H3/t15?,19?,20-,21+,22?,24-,25+,26+/m0/s1. The van der Waals surface area contributed by atoms with Gasteiger partial charge in [0, 0.05) is 19.5 Å². The van der Waals surface area contributed by atoms with Crippen LogP contribution in [0.15, 0.2) is 18.2 Å². The number of fused-ring (bicyclic) bond motifs is 5. The summed E-state index contributed by atoms with van der Waals surface area (Å²) in [7, 11) is 1.90. The van der Waals surface area contributed by atoms with Crippen molar-refractivity contribution in [1.29, 1.82) is 0 Å². The number of halogens is 6. The zero-order valence-electron chi connectivity index (χ0n) is 21.3. The Bertz CT molecular complexity index is 1020. The lowest BCUT2D eigenvalue weighted by atomic mass is 9.44. The molecule has 3 aliphatic carbocycles. The molecule has 3 unspecified atom stereocenters. The minimum Gasteiger partial charge on any atom is -0.342 e. The highest BCUT2D eigenvalue weighted by Crippen LogP contribution is 2.69. The summed E-state index contributed by atoms with van der Waals surface area (Å²) in [5, 5.41) is 0. The normalized spacial score (nSPS) is 41.1. The van der Waals surface area contributed by atoms with Gasteiger partial charge in [-0.1, -0.05) is 20.8 Å². The second kappa shape index (κ2) is 8.13. The average Bonchev–Trinajstić information content (AvgIpc) is 3.14. The van der Waals surface area contributed by atoms with Gasteiger partial charge in [0.15, 0.2) is 0 Å². The van der Waals surface area contributed by atoms with Crippen LogP contribution < -0.4 is 0 Å². The molecule has 1 saturated heterocycles. The zero-order chi connectivity index (χ0) is 26.4. The molecule has 0 radical (unpaired) electrons. The van der Waals surface area contributed by atoms with E-state index in [0.29, 0.717) is 30.6 Å². The monoisotopic (exact) mass is 515 g/mol. The molecule has 1 aromatic carbocycles. The summed E-state index contributed by atoms with van der Waals surface area (Å²) < 4.78 is 81.5. The van der Waals surface area contributed by atoms with Gasteiger partial charge in [-0.25, -0.2) is 0 Å². The first-order valence-corrected chi connectivity index (χ1v) is 13.1. The van der Waals surface area contributed by atoms with E-state index in [2.05, 4.69) is 20.8 Å². The predicted molar refractivity (Wildman–Crippen MR) is 124 cm³/mol. The molecule has 1 heterocycles. The van der Waals surface area contributed by atoms with Crippen LogP contribution in [-0.2, 0) is 17.1 Å². The summed E-state index contributed by atoms with van der Waals surface area (Å²) in [5.41, 5.74) is -2.61. The van der Waals surface area contributed by atoms with E-state index in [0.717, 1.165) is 44.2 Å². The van der Waals surface area contributed by atoms with Gasteiger partial charge in [-0.3, -0.25) is 4.79 Å². The molecule has 1 aromatic rings. The van der Waals surface area contributed by atoms with Gasteiger partial charge in [-0.15, -0.1) is 0 Å². The second-order valence-electron chi connectivity index (χ2n) is 12.5. The van der Waals surface area contributed by atoms with Crippen LogP contribution in [-0.4, -0.2) is 23.9 Å². The van der Waals surface area contributed by atoms with Gasteiger partial charge in [0.25, 0.3) is 0 Å². The van der Waals surface area contributed by atoms with Crippen molar-refractivity contribution in [2.75, 3.05) is 7.05 Å². The van der Waals surface area contributed by atoms with E-state index in [1.54, 1.807) is 0 Å². The topological polar surface area (TPSA) is 20.3 Å². The van der Waals surface area contributed by atoms with E-state index in [4.69, 9.17) is 0 Å². The van der Waals surface area contributed by atoms with E-state index >= 15 is 0 Å². The third kappa shape index (κ3) is 3.79. The first kappa shape index (κ1) is 25.9. The summed E-state index contributed by atoms with van der Waals surface area (Å²) in [6.45, 7) is 6.65. The maximum Gasteiger partial charge on any atom is 0.416 e. The van der Waals surface area contributed by atoms with Crippen LogP contribution >= 0.6 is 0 Å². The largest absolute Gasteiger partial charge is 0.416 e. The maximum absolute atomic E-state index is 13.6. The number of likely N-dealkylation sites (tertiary alicyclic amines) is 1. The summed E-state index contributed by atoms with van der Waals surface area (Å²) in [4.78, 5) is 14.4. The highest BCUT2D eigenvalue weighted by Gasteiger charge is 2.63. The van der Waals surface area contributed by atoms with Gasteiger partial charge < -0.3 is 4.90 Å². The molecular formula is C28H35F6NO. The van der Waals surface area contributed by atoms with Gasteiger partial charge >= 0.3 is 12.4 Å². The molecule has 5 rings (SSSR count). The third-order valence-electron chi connectivity index (χ3n) is 10.9. The number of benzene rings is 1. The Hall–Kier alpha value is -1.73. The van der Waals surface area contributed by atoms with Gasteiger partial charge in [-0.2, -0.15) is 26.3 Å². The number of rotatable bonds is 1. The van der Waals surface area contributed by atoms with E-state index < -0.39 is 23.5 Å². The lowest BCUT2D eigenvalue weighted by molar-refractivity contribution is -0.165. The van der Waals surface area contributed by atoms with E-state index in [1.165, 1.54) is 0 Å². The molecule has 3 saturated carbocycles. The van der Waals surface area contributed by atoms with Gasteiger partial charge in [0.05, 0.1) is 11.1 Å². The van der Waals surface area contributed by atoms with Gasteiger partial charge in [0.1, 0.15) is 0 Å². The minimum atomic E-state index is -4.83. The van der Waals surface area contributed by atoms with Crippen LogP contribution in [0.4, 0.5) is 26.3 Å². The van der Waals surface area contributed by atoms with Crippen LogP contribution in [0.5, 0.6) is 0 Å². The van der Waals surface area contributed by atoms with Crippen LogP contribution in [0.25, 0.3) is 0 Å². The number of alkyl halides is 6. The Balaban J connectivity index is 1.51. The number of carbonyl (C=O) groups is 1. The van der Waals surface area contributed by atoms with Crippen molar-refractivity contribution in [3.8, 4) is 0 Å². The van der Waals surface area contributed by atoms with Crippen molar-refractivity contribution in [2.45, 2.75) is 90.0 Å². The second-order valence-corrected chi connectivity index (χ2v) is 12.5. The van der Waals surface area contributed by atoms with Crippen molar-refractivity contribution >= 4 is 5.91 Å². The lowest BCUT2D eigenvalue weighted by Crippen LogP contribution is -2.63. The number of amides is 1. The number of nitrogens with zero attached hydrogens (tertiary/aromatic N) is 1. The van der Waals surface area contributed by atoms with Crippen molar-refractivity contribution in [3.63, 3.8) is 0 Å². The molecule has 4 aliphatic rings. The van der Waals surface area contributed by atoms with Crippen LogP contribution in [0.3, 0.4) is 0 Å². The molecule has 0 spiro atoms. The molecule has 200 valence electrons. The first-order valence-electron chi connectivity index (χ1n) is 13.1. The van der Waals surface area contributed by atoms with Crippen molar-refractivity contribution in [1.82, 2.24) is 4.90 Å². The van der Waals surface area contributed by atoms with Crippen molar-refractivity contribution in [3.05, 3.63) is 34.9 Å². The first-order chi connectivity index (χ1) is 16.6. The quantitative estimate of drug-likeness (QED) is 0.348. The SMILES string of the molecule is CC1CC2N(C)C(=O)CC[C@]2(C)[C@@H]2CC[C@]3(C)C(c4cc(C(F)(F)F)cc(C(F)(F)F)c4)CC[C@H]3[C@H]12. The Morgan fingerprint density at radius 3 is 2.03 bits per heavy atom. The van der Waals surface area contributed by atoms with E-state index in [1.807, 2.05) is 11.9 Å². The van der Waals surface area contributed by atoms with Crippen LogP contribution in [0.1, 0.15) is 88.3 Å².